The summed E-state index contributed by atoms with van der Waals surface area (Å²) in [4.78, 5) is 6.88. The fraction of sp³-hybridized carbons (Fsp3) is 0.643. The maximum Gasteiger partial charge on any atom is 0.0995 e. The van der Waals surface area contributed by atoms with E-state index in [9.17, 15) is 0 Å². The summed E-state index contributed by atoms with van der Waals surface area (Å²) >= 11 is 0. The van der Waals surface area contributed by atoms with E-state index in [1.807, 2.05) is 13.1 Å². The molecular weight excluding hydrogens is 212 g/mol. The third-order valence-electron chi connectivity index (χ3n) is 3.12. The van der Waals surface area contributed by atoms with Crippen molar-refractivity contribution in [1.82, 2.24) is 9.88 Å². The lowest BCUT2D eigenvalue weighted by Crippen LogP contribution is -2.19. The molecule has 1 aliphatic rings. The molecule has 0 spiro atoms. The van der Waals surface area contributed by atoms with Crippen LogP contribution < -0.4 is 0 Å². The van der Waals surface area contributed by atoms with E-state index in [-0.39, 0.29) is 5.41 Å². The Bertz CT molecular complexity index is 396. The molecule has 17 heavy (non-hydrogen) atoms. The van der Waals surface area contributed by atoms with Gasteiger partial charge in [0.15, 0.2) is 0 Å². The van der Waals surface area contributed by atoms with Crippen LogP contribution in [-0.2, 0) is 23.2 Å². The molecule has 2 rings (SSSR count). The average Bonchev–Trinajstić information content (AvgIpc) is 2.66. The molecule has 0 radical (unpaired) electrons. The molecule has 0 unspecified atom stereocenters. The molecule has 1 aromatic heterocycles. The highest BCUT2D eigenvalue weighted by Crippen LogP contribution is 2.27. The first-order chi connectivity index (χ1) is 8.00. The van der Waals surface area contributed by atoms with Gasteiger partial charge in [-0.2, -0.15) is 0 Å². The molecule has 94 valence electrons. The number of pyridine rings is 1. The Morgan fingerprint density at radius 1 is 1.29 bits per heavy atom. The fourth-order valence-electron chi connectivity index (χ4n) is 2.07. The minimum absolute atomic E-state index is 0.127. The van der Waals surface area contributed by atoms with Crippen molar-refractivity contribution in [2.45, 2.75) is 46.2 Å². The number of fused-ring (bicyclic) bond motifs is 1. The van der Waals surface area contributed by atoms with Crippen molar-refractivity contribution in [2.75, 3.05) is 13.3 Å². The summed E-state index contributed by atoms with van der Waals surface area (Å²) < 4.78 is 5.45. The first-order valence-electron chi connectivity index (χ1n) is 6.29. The number of hydrogen-bond acceptors (Lipinski definition) is 3. The first-order valence-corrected chi connectivity index (χ1v) is 6.29. The van der Waals surface area contributed by atoms with Gasteiger partial charge in [-0.15, -0.1) is 0 Å². The standard InChI is InChI=1S/C14H22N2O/c1-5-17-10-16-8-11-6-13(14(2,3)4)15-7-12(11)9-16/h6-7H,5,8-10H2,1-4H3. The molecule has 1 aromatic rings. The Labute approximate surface area is 104 Å². The van der Waals surface area contributed by atoms with Crippen molar-refractivity contribution < 1.29 is 4.74 Å². The third-order valence-corrected chi connectivity index (χ3v) is 3.12. The van der Waals surface area contributed by atoms with Crippen LogP contribution in [0.1, 0.15) is 44.5 Å². The lowest BCUT2D eigenvalue weighted by atomic mass is 9.90. The number of rotatable bonds is 3. The summed E-state index contributed by atoms with van der Waals surface area (Å²) in [5.74, 6) is 0. The summed E-state index contributed by atoms with van der Waals surface area (Å²) in [5.41, 5.74) is 4.05. The Morgan fingerprint density at radius 3 is 2.65 bits per heavy atom. The Kier molecular flexibility index (Phi) is 3.50. The predicted molar refractivity (Wildman–Crippen MR) is 68.7 cm³/mol. The SMILES string of the molecule is CCOCN1Cc2cnc(C(C)(C)C)cc2C1. The molecule has 0 bridgehead atoms. The van der Waals surface area contributed by atoms with Gasteiger partial charge in [0.1, 0.15) is 0 Å². The van der Waals surface area contributed by atoms with Gasteiger partial charge < -0.3 is 4.74 Å². The van der Waals surface area contributed by atoms with E-state index < -0.39 is 0 Å². The number of ether oxygens (including phenoxy) is 1. The molecule has 1 aliphatic heterocycles. The molecule has 0 aliphatic carbocycles. The van der Waals surface area contributed by atoms with Gasteiger partial charge in [0.2, 0.25) is 0 Å². The zero-order valence-corrected chi connectivity index (χ0v) is 11.3. The van der Waals surface area contributed by atoms with Crippen LogP contribution in [0.15, 0.2) is 12.3 Å². The lowest BCUT2D eigenvalue weighted by molar-refractivity contribution is 0.0334. The van der Waals surface area contributed by atoms with Crippen molar-refractivity contribution in [3.63, 3.8) is 0 Å². The van der Waals surface area contributed by atoms with Crippen LogP contribution >= 0.6 is 0 Å². The summed E-state index contributed by atoms with van der Waals surface area (Å²) in [6, 6.07) is 2.25. The monoisotopic (exact) mass is 234 g/mol. The second-order valence-electron chi connectivity index (χ2n) is 5.70. The second kappa shape index (κ2) is 4.75. The highest BCUT2D eigenvalue weighted by Gasteiger charge is 2.22. The maximum absolute atomic E-state index is 5.45. The van der Waals surface area contributed by atoms with E-state index in [0.717, 1.165) is 26.4 Å². The Morgan fingerprint density at radius 2 is 2.00 bits per heavy atom. The minimum Gasteiger partial charge on any atom is -0.366 e. The molecule has 0 amide bonds. The normalized spacial score (nSPS) is 16.2. The van der Waals surface area contributed by atoms with Gasteiger partial charge in [-0.3, -0.25) is 9.88 Å². The Hall–Kier alpha value is -0.930. The van der Waals surface area contributed by atoms with Crippen LogP contribution in [0.25, 0.3) is 0 Å². The van der Waals surface area contributed by atoms with Crippen LogP contribution in [0.5, 0.6) is 0 Å². The van der Waals surface area contributed by atoms with Gasteiger partial charge in [0.05, 0.1) is 6.73 Å². The largest absolute Gasteiger partial charge is 0.366 e. The Balaban J connectivity index is 2.11. The van der Waals surface area contributed by atoms with Crippen molar-refractivity contribution in [3.8, 4) is 0 Å². The highest BCUT2D eigenvalue weighted by atomic mass is 16.5. The maximum atomic E-state index is 5.45. The molecule has 0 atom stereocenters. The molecule has 0 saturated heterocycles. The van der Waals surface area contributed by atoms with Gasteiger partial charge in [-0.25, -0.2) is 0 Å². The molecule has 0 N–H and O–H groups in total. The minimum atomic E-state index is 0.127. The summed E-state index contributed by atoms with van der Waals surface area (Å²) in [7, 11) is 0. The van der Waals surface area contributed by atoms with Crippen LogP contribution in [0.2, 0.25) is 0 Å². The molecule has 0 aromatic carbocycles. The van der Waals surface area contributed by atoms with Crippen molar-refractivity contribution >= 4 is 0 Å². The first kappa shape index (κ1) is 12.5. The van der Waals surface area contributed by atoms with Crippen LogP contribution in [0.3, 0.4) is 0 Å². The highest BCUT2D eigenvalue weighted by molar-refractivity contribution is 5.32. The predicted octanol–water partition coefficient (Wildman–Crippen LogP) is 2.69. The van der Waals surface area contributed by atoms with E-state index >= 15 is 0 Å². The zero-order chi connectivity index (χ0) is 12.5. The lowest BCUT2D eigenvalue weighted by Gasteiger charge is -2.18. The number of aromatic nitrogens is 1. The molecule has 0 saturated carbocycles. The molecule has 3 heteroatoms. The van der Waals surface area contributed by atoms with Crippen molar-refractivity contribution in [2.24, 2.45) is 0 Å². The smallest absolute Gasteiger partial charge is 0.0995 e. The summed E-state index contributed by atoms with van der Waals surface area (Å²) in [5, 5.41) is 0. The van der Waals surface area contributed by atoms with Gasteiger partial charge in [-0.1, -0.05) is 20.8 Å². The molecular formula is C14H22N2O. The summed E-state index contributed by atoms with van der Waals surface area (Å²) in [6.07, 6.45) is 2.03. The molecule has 3 nitrogen and oxygen atoms in total. The van der Waals surface area contributed by atoms with E-state index in [2.05, 4.69) is 36.7 Å². The third kappa shape index (κ3) is 2.85. The number of nitrogens with zero attached hydrogens (tertiary/aromatic N) is 2. The van der Waals surface area contributed by atoms with Crippen LogP contribution in [0.4, 0.5) is 0 Å². The average molecular weight is 234 g/mol. The van der Waals surface area contributed by atoms with E-state index in [1.165, 1.54) is 16.8 Å². The topological polar surface area (TPSA) is 25.4 Å². The molecule has 0 fully saturated rings. The van der Waals surface area contributed by atoms with Crippen molar-refractivity contribution in [3.05, 3.63) is 29.1 Å². The van der Waals surface area contributed by atoms with Crippen LogP contribution in [0, 0.1) is 0 Å². The number of hydrogen-bond donors (Lipinski definition) is 0. The van der Waals surface area contributed by atoms with Crippen LogP contribution in [-0.4, -0.2) is 23.2 Å². The van der Waals surface area contributed by atoms with Crippen molar-refractivity contribution in [1.29, 1.82) is 0 Å². The van der Waals surface area contributed by atoms with E-state index in [4.69, 9.17) is 4.74 Å². The van der Waals surface area contributed by atoms with Gasteiger partial charge in [-0.05, 0) is 24.1 Å². The summed E-state index contributed by atoms with van der Waals surface area (Å²) in [6.45, 7) is 12.1. The van der Waals surface area contributed by atoms with Gasteiger partial charge in [0, 0.05) is 37.0 Å². The second-order valence-corrected chi connectivity index (χ2v) is 5.70. The van der Waals surface area contributed by atoms with Gasteiger partial charge in [0.25, 0.3) is 0 Å². The fourth-order valence-corrected chi connectivity index (χ4v) is 2.07. The van der Waals surface area contributed by atoms with Gasteiger partial charge >= 0.3 is 0 Å². The van der Waals surface area contributed by atoms with E-state index in [1.54, 1.807) is 0 Å². The zero-order valence-electron chi connectivity index (χ0n) is 11.3. The quantitative estimate of drug-likeness (QED) is 0.804. The molecule has 2 heterocycles. The van der Waals surface area contributed by atoms with E-state index in [0.29, 0.717) is 0 Å².